The number of aryl methyl sites for hydroxylation is 1. The molecule has 0 saturated carbocycles. The molecule has 0 fully saturated rings. The van der Waals surface area contributed by atoms with E-state index >= 15 is 0 Å². The Morgan fingerprint density at radius 1 is 1.47 bits per heavy atom. The molecule has 2 aromatic heterocycles. The van der Waals surface area contributed by atoms with Crippen molar-refractivity contribution in [3.8, 4) is 0 Å². The van der Waals surface area contributed by atoms with E-state index in [2.05, 4.69) is 15.5 Å². The highest BCUT2D eigenvalue weighted by molar-refractivity contribution is 6.03. The number of aromatic nitrogens is 2. The van der Waals surface area contributed by atoms with Crippen molar-refractivity contribution in [2.24, 2.45) is 0 Å². The highest BCUT2D eigenvalue weighted by Gasteiger charge is 2.16. The van der Waals surface area contributed by atoms with Gasteiger partial charge in [0.2, 0.25) is 11.8 Å². The first-order chi connectivity index (χ1) is 8.09. The van der Waals surface area contributed by atoms with Gasteiger partial charge in [0, 0.05) is 11.8 Å². The Hall–Kier alpha value is -2.24. The summed E-state index contributed by atoms with van der Waals surface area (Å²) in [5, 5.41) is 6.13. The first-order valence-corrected chi connectivity index (χ1v) is 4.94. The first-order valence-electron chi connectivity index (χ1n) is 4.94. The molecular formula is C11H10FN3O2. The van der Waals surface area contributed by atoms with Crippen LogP contribution in [-0.4, -0.2) is 16.0 Å². The summed E-state index contributed by atoms with van der Waals surface area (Å²) in [5.41, 5.74) is 1.25. The molecule has 0 atom stereocenters. The van der Waals surface area contributed by atoms with Crippen molar-refractivity contribution in [3.63, 3.8) is 0 Å². The molecule has 0 aliphatic rings. The summed E-state index contributed by atoms with van der Waals surface area (Å²) in [7, 11) is 0. The molecule has 0 unspecified atom stereocenters. The second kappa shape index (κ2) is 4.32. The molecule has 1 N–H and O–H groups in total. The highest BCUT2D eigenvalue weighted by Crippen LogP contribution is 2.18. The van der Waals surface area contributed by atoms with Gasteiger partial charge >= 0.3 is 0 Å². The van der Waals surface area contributed by atoms with Crippen LogP contribution in [0, 0.1) is 19.8 Å². The molecule has 0 aromatic carbocycles. The van der Waals surface area contributed by atoms with E-state index in [-0.39, 0.29) is 11.4 Å². The Balaban J connectivity index is 2.23. The molecule has 0 radical (unpaired) electrons. The number of hydrogen-bond acceptors (Lipinski definition) is 4. The summed E-state index contributed by atoms with van der Waals surface area (Å²) in [4.78, 5) is 15.1. The summed E-state index contributed by atoms with van der Waals surface area (Å²) in [6, 6.07) is 2.83. The molecule has 0 spiro atoms. The Morgan fingerprint density at radius 3 is 2.82 bits per heavy atom. The summed E-state index contributed by atoms with van der Waals surface area (Å²) in [6.45, 7) is 3.50. The predicted octanol–water partition coefficient (Wildman–Crippen LogP) is 2.08. The normalized spacial score (nSPS) is 10.3. The number of nitrogens with zero attached hydrogens (tertiary/aromatic N) is 2. The smallest absolute Gasteiger partial charge is 0.262 e. The van der Waals surface area contributed by atoms with Crippen LogP contribution >= 0.6 is 0 Å². The van der Waals surface area contributed by atoms with Crippen LogP contribution in [0.1, 0.15) is 21.6 Å². The van der Waals surface area contributed by atoms with Crippen molar-refractivity contribution in [3.05, 3.63) is 41.1 Å². The number of carbonyl (C=O) groups excluding carboxylic acids is 1. The molecule has 17 heavy (non-hydrogen) atoms. The minimum absolute atomic E-state index is 0.138. The maximum absolute atomic E-state index is 13.2. The van der Waals surface area contributed by atoms with Crippen molar-refractivity contribution in [2.45, 2.75) is 13.8 Å². The van der Waals surface area contributed by atoms with Gasteiger partial charge in [-0.25, -0.2) is 4.98 Å². The molecular weight excluding hydrogens is 225 g/mol. The van der Waals surface area contributed by atoms with Crippen LogP contribution in [0.15, 0.2) is 22.9 Å². The predicted molar refractivity (Wildman–Crippen MR) is 58.1 cm³/mol. The van der Waals surface area contributed by atoms with Crippen LogP contribution in [0.3, 0.4) is 0 Å². The standard InChI is InChI=1S/C11H10FN3O2/c1-6-7(2)15-17-11(6)14-10(16)8-4-3-5-13-9(8)12/h3-5H,1-2H3,(H,14,16). The average molecular weight is 235 g/mol. The number of anilines is 1. The molecule has 88 valence electrons. The molecule has 2 heterocycles. The van der Waals surface area contributed by atoms with E-state index in [1.165, 1.54) is 18.3 Å². The largest absolute Gasteiger partial charge is 0.338 e. The number of pyridine rings is 1. The Labute approximate surface area is 96.6 Å². The number of rotatable bonds is 2. The van der Waals surface area contributed by atoms with E-state index in [0.29, 0.717) is 11.3 Å². The molecule has 1 amide bonds. The molecule has 2 aromatic rings. The fourth-order valence-electron chi connectivity index (χ4n) is 1.26. The van der Waals surface area contributed by atoms with Gasteiger partial charge in [0.1, 0.15) is 0 Å². The van der Waals surface area contributed by atoms with Gasteiger partial charge in [-0.1, -0.05) is 5.16 Å². The summed E-state index contributed by atoms with van der Waals surface area (Å²) < 4.78 is 18.1. The van der Waals surface area contributed by atoms with Gasteiger partial charge in [-0.15, -0.1) is 0 Å². The van der Waals surface area contributed by atoms with Crippen LogP contribution < -0.4 is 5.32 Å². The number of nitrogens with one attached hydrogen (secondary N) is 1. The summed E-state index contributed by atoms with van der Waals surface area (Å²) in [5.74, 6) is -1.22. The van der Waals surface area contributed by atoms with Crippen molar-refractivity contribution in [1.82, 2.24) is 10.1 Å². The lowest BCUT2D eigenvalue weighted by atomic mass is 10.2. The third kappa shape index (κ3) is 2.15. The van der Waals surface area contributed by atoms with Crippen molar-refractivity contribution in [1.29, 1.82) is 0 Å². The van der Waals surface area contributed by atoms with Gasteiger partial charge in [-0.2, -0.15) is 4.39 Å². The van der Waals surface area contributed by atoms with E-state index in [9.17, 15) is 9.18 Å². The van der Waals surface area contributed by atoms with Gasteiger partial charge in [0.05, 0.1) is 11.3 Å². The zero-order chi connectivity index (χ0) is 12.4. The van der Waals surface area contributed by atoms with Gasteiger partial charge in [0.25, 0.3) is 5.91 Å². The van der Waals surface area contributed by atoms with Crippen LogP contribution in [-0.2, 0) is 0 Å². The van der Waals surface area contributed by atoms with Crippen LogP contribution in [0.2, 0.25) is 0 Å². The molecule has 0 saturated heterocycles. The van der Waals surface area contributed by atoms with Crippen LogP contribution in [0.5, 0.6) is 0 Å². The molecule has 5 nitrogen and oxygen atoms in total. The zero-order valence-electron chi connectivity index (χ0n) is 9.32. The van der Waals surface area contributed by atoms with E-state index in [1.54, 1.807) is 13.8 Å². The van der Waals surface area contributed by atoms with E-state index in [0.717, 1.165) is 0 Å². The summed E-state index contributed by atoms with van der Waals surface area (Å²) in [6.07, 6.45) is 1.27. The van der Waals surface area contributed by atoms with E-state index in [4.69, 9.17) is 4.52 Å². The zero-order valence-corrected chi connectivity index (χ0v) is 9.32. The maximum atomic E-state index is 13.2. The minimum Gasteiger partial charge on any atom is -0.338 e. The Morgan fingerprint density at radius 2 is 2.24 bits per heavy atom. The number of amides is 1. The van der Waals surface area contributed by atoms with E-state index < -0.39 is 11.9 Å². The molecule has 2 rings (SSSR count). The molecule has 0 aliphatic carbocycles. The van der Waals surface area contributed by atoms with E-state index in [1.807, 2.05) is 0 Å². The number of hydrogen-bond donors (Lipinski definition) is 1. The second-order valence-electron chi connectivity index (χ2n) is 3.52. The maximum Gasteiger partial charge on any atom is 0.262 e. The number of halogens is 1. The molecule has 0 aliphatic heterocycles. The molecule has 6 heteroatoms. The van der Waals surface area contributed by atoms with Gasteiger partial charge in [-0.05, 0) is 26.0 Å². The van der Waals surface area contributed by atoms with Crippen molar-refractivity contribution < 1.29 is 13.7 Å². The van der Waals surface area contributed by atoms with Crippen LogP contribution in [0.25, 0.3) is 0 Å². The van der Waals surface area contributed by atoms with Gasteiger partial charge in [-0.3, -0.25) is 10.1 Å². The fraction of sp³-hybridized carbons (Fsp3) is 0.182. The lowest BCUT2D eigenvalue weighted by Crippen LogP contribution is -2.14. The third-order valence-corrected chi connectivity index (χ3v) is 2.39. The molecule has 0 bridgehead atoms. The number of carbonyl (C=O) groups is 1. The van der Waals surface area contributed by atoms with Crippen LogP contribution in [0.4, 0.5) is 10.3 Å². The first kappa shape index (κ1) is 11.3. The topological polar surface area (TPSA) is 68.0 Å². The van der Waals surface area contributed by atoms with Gasteiger partial charge in [0.15, 0.2) is 0 Å². The van der Waals surface area contributed by atoms with Gasteiger partial charge < -0.3 is 4.52 Å². The summed E-state index contributed by atoms with van der Waals surface area (Å²) >= 11 is 0. The van der Waals surface area contributed by atoms with Crippen molar-refractivity contribution >= 4 is 11.8 Å². The lowest BCUT2D eigenvalue weighted by Gasteiger charge is -2.02. The Kier molecular flexibility index (Phi) is 2.86. The quantitative estimate of drug-likeness (QED) is 0.809. The second-order valence-corrected chi connectivity index (χ2v) is 3.52. The third-order valence-electron chi connectivity index (χ3n) is 2.39. The fourth-order valence-corrected chi connectivity index (χ4v) is 1.26. The lowest BCUT2D eigenvalue weighted by molar-refractivity contribution is 0.101. The monoisotopic (exact) mass is 235 g/mol. The average Bonchev–Trinajstić information content (AvgIpc) is 2.61. The highest BCUT2D eigenvalue weighted by atomic mass is 19.1. The minimum atomic E-state index is -0.820. The Bertz CT molecular complexity index is 566. The van der Waals surface area contributed by atoms with Crippen molar-refractivity contribution in [2.75, 3.05) is 5.32 Å². The SMILES string of the molecule is Cc1noc(NC(=O)c2cccnc2F)c1C.